The standard InChI is InChI=1S/C17H19FO3/c1-17(19,11-12-7-4-5-8-13(12)18)16-14(20-2)9-6-10-15(16)21-3/h4-10,19H,11H2,1-3H3. The van der Waals surface area contributed by atoms with Crippen molar-refractivity contribution in [2.45, 2.75) is 18.9 Å². The average molecular weight is 290 g/mol. The lowest BCUT2D eigenvalue weighted by atomic mass is 9.87. The molecule has 0 fully saturated rings. The summed E-state index contributed by atoms with van der Waals surface area (Å²) in [5, 5.41) is 10.9. The largest absolute Gasteiger partial charge is 0.496 e. The predicted molar refractivity (Wildman–Crippen MR) is 79.2 cm³/mol. The molecular weight excluding hydrogens is 271 g/mol. The summed E-state index contributed by atoms with van der Waals surface area (Å²) in [6.45, 7) is 1.62. The summed E-state index contributed by atoms with van der Waals surface area (Å²) in [6.07, 6.45) is 0.121. The van der Waals surface area contributed by atoms with E-state index in [4.69, 9.17) is 9.47 Å². The first-order valence-corrected chi connectivity index (χ1v) is 6.67. The fourth-order valence-corrected chi connectivity index (χ4v) is 2.48. The summed E-state index contributed by atoms with van der Waals surface area (Å²) in [5.74, 6) is 0.679. The number of benzene rings is 2. The molecule has 0 aromatic heterocycles. The van der Waals surface area contributed by atoms with Crippen LogP contribution in [0.5, 0.6) is 11.5 Å². The number of halogens is 1. The molecule has 112 valence electrons. The van der Waals surface area contributed by atoms with Crippen molar-refractivity contribution in [3.05, 3.63) is 59.4 Å². The molecule has 21 heavy (non-hydrogen) atoms. The minimum absolute atomic E-state index is 0.121. The van der Waals surface area contributed by atoms with Crippen LogP contribution in [0.4, 0.5) is 4.39 Å². The van der Waals surface area contributed by atoms with Gasteiger partial charge in [-0.25, -0.2) is 4.39 Å². The Morgan fingerprint density at radius 3 is 2.10 bits per heavy atom. The number of hydrogen-bond donors (Lipinski definition) is 1. The van der Waals surface area contributed by atoms with E-state index in [1.54, 1.807) is 43.3 Å². The van der Waals surface area contributed by atoms with Crippen LogP contribution in [0.3, 0.4) is 0 Å². The molecule has 4 heteroatoms. The van der Waals surface area contributed by atoms with Gasteiger partial charge >= 0.3 is 0 Å². The highest BCUT2D eigenvalue weighted by molar-refractivity contribution is 5.49. The quantitative estimate of drug-likeness (QED) is 0.918. The van der Waals surface area contributed by atoms with Crippen molar-refractivity contribution >= 4 is 0 Å². The molecule has 0 bridgehead atoms. The summed E-state index contributed by atoms with van der Waals surface area (Å²) in [5.41, 5.74) is -0.367. The number of methoxy groups -OCH3 is 2. The summed E-state index contributed by atoms with van der Waals surface area (Å²) < 4.78 is 24.4. The molecule has 0 aliphatic rings. The van der Waals surface area contributed by atoms with Crippen molar-refractivity contribution < 1.29 is 19.0 Å². The molecule has 2 rings (SSSR count). The zero-order chi connectivity index (χ0) is 15.5. The average Bonchev–Trinajstić information content (AvgIpc) is 2.48. The van der Waals surface area contributed by atoms with E-state index >= 15 is 0 Å². The SMILES string of the molecule is COc1cccc(OC)c1C(C)(O)Cc1ccccc1F. The second-order valence-corrected chi connectivity index (χ2v) is 5.08. The Hall–Kier alpha value is -2.07. The lowest BCUT2D eigenvalue weighted by Crippen LogP contribution is -2.26. The minimum Gasteiger partial charge on any atom is -0.496 e. The molecule has 1 N–H and O–H groups in total. The van der Waals surface area contributed by atoms with Crippen LogP contribution >= 0.6 is 0 Å². The molecule has 0 saturated heterocycles. The van der Waals surface area contributed by atoms with Crippen molar-refractivity contribution in [3.63, 3.8) is 0 Å². The van der Waals surface area contributed by atoms with E-state index in [2.05, 4.69) is 0 Å². The van der Waals surface area contributed by atoms with Crippen molar-refractivity contribution in [3.8, 4) is 11.5 Å². The van der Waals surface area contributed by atoms with E-state index in [1.807, 2.05) is 0 Å². The molecule has 3 nitrogen and oxygen atoms in total. The van der Waals surface area contributed by atoms with Gasteiger partial charge in [-0.3, -0.25) is 0 Å². The van der Waals surface area contributed by atoms with Crippen molar-refractivity contribution in [2.75, 3.05) is 14.2 Å². The fraction of sp³-hybridized carbons (Fsp3) is 0.294. The Labute approximate surface area is 124 Å². The first-order valence-electron chi connectivity index (χ1n) is 6.67. The second kappa shape index (κ2) is 6.14. The number of aliphatic hydroxyl groups is 1. The third-order valence-electron chi connectivity index (χ3n) is 3.46. The molecular formula is C17H19FO3. The topological polar surface area (TPSA) is 38.7 Å². The van der Waals surface area contributed by atoms with Gasteiger partial charge < -0.3 is 14.6 Å². The normalized spacial score (nSPS) is 13.6. The Kier molecular flexibility index (Phi) is 4.48. The van der Waals surface area contributed by atoms with E-state index in [0.29, 0.717) is 22.6 Å². The maximum absolute atomic E-state index is 13.8. The molecule has 1 unspecified atom stereocenters. The molecule has 2 aromatic rings. The van der Waals surface area contributed by atoms with Crippen molar-refractivity contribution in [1.29, 1.82) is 0 Å². The third-order valence-corrected chi connectivity index (χ3v) is 3.46. The van der Waals surface area contributed by atoms with E-state index in [1.165, 1.54) is 20.3 Å². The first-order chi connectivity index (χ1) is 9.99. The number of hydrogen-bond acceptors (Lipinski definition) is 3. The minimum atomic E-state index is -1.32. The van der Waals surface area contributed by atoms with Crippen LogP contribution in [-0.4, -0.2) is 19.3 Å². The van der Waals surface area contributed by atoms with Crippen LogP contribution in [0.1, 0.15) is 18.1 Å². The monoisotopic (exact) mass is 290 g/mol. The third kappa shape index (κ3) is 3.16. The van der Waals surface area contributed by atoms with Gasteiger partial charge in [0.15, 0.2) is 0 Å². The molecule has 1 atom stereocenters. The highest BCUT2D eigenvalue weighted by atomic mass is 19.1. The van der Waals surface area contributed by atoms with Crippen LogP contribution in [0.25, 0.3) is 0 Å². The zero-order valence-corrected chi connectivity index (χ0v) is 12.4. The van der Waals surface area contributed by atoms with Gasteiger partial charge in [0.1, 0.15) is 17.3 Å². The number of rotatable bonds is 5. The predicted octanol–water partition coefficient (Wildman–Crippen LogP) is 3.29. The molecule has 0 heterocycles. The highest BCUT2D eigenvalue weighted by Crippen LogP contribution is 2.39. The lowest BCUT2D eigenvalue weighted by molar-refractivity contribution is 0.0513. The van der Waals surface area contributed by atoms with Gasteiger partial charge in [0, 0.05) is 6.42 Å². The van der Waals surface area contributed by atoms with Gasteiger partial charge in [-0.05, 0) is 30.7 Å². The van der Waals surface area contributed by atoms with Gasteiger partial charge in [0.05, 0.1) is 25.4 Å². The summed E-state index contributed by atoms with van der Waals surface area (Å²) in [7, 11) is 3.05. The van der Waals surface area contributed by atoms with Gasteiger partial charge in [-0.15, -0.1) is 0 Å². The maximum atomic E-state index is 13.8. The summed E-state index contributed by atoms with van der Waals surface area (Å²) in [4.78, 5) is 0. The fourth-order valence-electron chi connectivity index (χ4n) is 2.48. The van der Waals surface area contributed by atoms with Crippen LogP contribution in [0.15, 0.2) is 42.5 Å². The van der Waals surface area contributed by atoms with Crippen LogP contribution in [0, 0.1) is 5.82 Å². The lowest BCUT2D eigenvalue weighted by Gasteiger charge is -2.27. The van der Waals surface area contributed by atoms with Crippen LogP contribution < -0.4 is 9.47 Å². The van der Waals surface area contributed by atoms with Crippen LogP contribution in [-0.2, 0) is 12.0 Å². The zero-order valence-electron chi connectivity index (χ0n) is 12.4. The van der Waals surface area contributed by atoms with E-state index < -0.39 is 5.60 Å². The molecule has 0 spiro atoms. The Bertz CT molecular complexity index is 601. The Morgan fingerprint density at radius 1 is 1.00 bits per heavy atom. The summed E-state index contributed by atoms with van der Waals surface area (Å²) in [6, 6.07) is 11.7. The molecule has 0 radical (unpaired) electrons. The van der Waals surface area contributed by atoms with Crippen LogP contribution in [0.2, 0.25) is 0 Å². The maximum Gasteiger partial charge on any atom is 0.128 e. The van der Waals surface area contributed by atoms with E-state index in [9.17, 15) is 9.50 Å². The summed E-state index contributed by atoms with van der Waals surface area (Å²) >= 11 is 0. The van der Waals surface area contributed by atoms with Gasteiger partial charge in [0.25, 0.3) is 0 Å². The molecule has 0 saturated carbocycles. The van der Waals surface area contributed by atoms with Gasteiger partial charge in [-0.1, -0.05) is 24.3 Å². The second-order valence-electron chi connectivity index (χ2n) is 5.08. The van der Waals surface area contributed by atoms with Gasteiger partial charge in [-0.2, -0.15) is 0 Å². The number of ether oxygens (including phenoxy) is 2. The van der Waals surface area contributed by atoms with E-state index in [-0.39, 0.29) is 12.2 Å². The highest BCUT2D eigenvalue weighted by Gasteiger charge is 2.31. The molecule has 0 amide bonds. The molecule has 0 aliphatic carbocycles. The smallest absolute Gasteiger partial charge is 0.128 e. The Balaban J connectivity index is 2.46. The molecule has 2 aromatic carbocycles. The van der Waals surface area contributed by atoms with E-state index in [0.717, 1.165) is 0 Å². The molecule has 0 aliphatic heterocycles. The Morgan fingerprint density at radius 2 is 1.57 bits per heavy atom. The first kappa shape index (κ1) is 15.3. The van der Waals surface area contributed by atoms with Crippen molar-refractivity contribution in [1.82, 2.24) is 0 Å². The van der Waals surface area contributed by atoms with Gasteiger partial charge in [0.2, 0.25) is 0 Å². The van der Waals surface area contributed by atoms with Crippen molar-refractivity contribution in [2.24, 2.45) is 0 Å².